The molecule has 29 heavy (non-hydrogen) atoms. The van der Waals surface area contributed by atoms with Gasteiger partial charge in [0.2, 0.25) is 5.89 Å². The van der Waals surface area contributed by atoms with Gasteiger partial charge in [-0.3, -0.25) is 20.2 Å². The lowest BCUT2D eigenvalue weighted by Crippen LogP contribution is -2.11. The number of non-ortho nitro benzene ring substituents is 1. The molecule has 0 radical (unpaired) electrons. The Balaban J connectivity index is 1.77. The zero-order chi connectivity index (χ0) is 21.1. The first-order chi connectivity index (χ1) is 13.8. The number of hydrogen-bond acceptors (Lipinski definition) is 9. The summed E-state index contributed by atoms with van der Waals surface area (Å²) in [7, 11) is 0. The molecule has 1 heterocycles. The molecule has 1 atom stereocenters. The number of nitrogens with zero attached hydrogens (tertiary/aromatic N) is 4. The average Bonchev–Trinajstić information content (AvgIpc) is 3.18. The molecule has 0 saturated carbocycles. The van der Waals surface area contributed by atoms with E-state index >= 15 is 0 Å². The molecule has 0 saturated heterocycles. The Bertz CT molecular complexity index is 1100. The Morgan fingerprint density at radius 1 is 1.10 bits per heavy atom. The monoisotopic (exact) mass is 418 g/mol. The van der Waals surface area contributed by atoms with Gasteiger partial charge in [-0.05, 0) is 31.2 Å². The van der Waals surface area contributed by atoms with Crippen LogP contribution in [-0.4, -0.2) is 26.0 Å². The number of benzene rings is 2. The van der Waals surface area contributed by atoms with Crippen LogP contribution in [0.15, 0.2) is 46.9 Å². The van der Waals surface area contributed by atoms with Gasteiger partial charge in [-0.15, -0.1) is 10.2 Å². The average molecular weight is 419 g/mol. The maximum absolute atomic E-state index is 12.3. The van der Waals surface area contributed by atoms with Gasteiger partial charge in [0, 0.05) is 28.8 Å². The predicted molar refractivity (Wildman–Crippen MR) is 98.3 cm³/mol. The number of nitro benzene ring substituents is 2. The van der Waals surface area contributed by atoms with E-state index in [0.717, 1.165) is 6.07 Å². The number of carbonyl (C=O) groups is 1. The van der Waals surface area contributed by atoms with Crippen LogP contribution in [0.1, 0.15) is 29.3 Å². The van der Waals surface area contributed by atoms with E-state index in [2.05, 4.69) is 10.2 Å². The summed E-state index contributed by atoms with van der Waals surface area (Å²) < 4.78 is 10.6. The molecule has 0 N–H and O–H groups in total. The molecule has 0 spiro atoms. The summed E-state index contributed by atoms with van der Waals surface area (Å²) in [6.07, 6.45) is -1.00. The summed E-state index contributed by atoms with van der Waals surface area (Å²) in [6, 6.07) is 8.99. The van der Waals surface area contributed by atoms with Gasteiger partial charge in [0.15, 0.2) is 6.10 Å². The number of nitro groups is 2. The Morgan fingerprint density at radius 3 is 2.41 bits per heavy atom. The number of hydrogen-bond donors (Lipinski definition) is 0. The third-order valence-corrected chi connectivity index (χ3v) is 4.01. The van der Waals surface area contributed by atoms with Gasteiger partial charge in [-0.2, -0.15) is 0 Å². The van der Waals surface area contributed by atoms with Gasteiger partial charge in [0.25, 0.3) is 17.3 Å². The van der Waals surface area contributed by atoms with E-state index in [9.17, 15) is 25.0 Å². The second-order valence-electron chi connectivity index (χ2n) is 5.72. The topological polar surface area (TPSA) is 152 Å². The molecule has 0 bridgehead atoms. The van der Waals surface area contributed by atoms with Crippen LogP contribution in [0, 0.1) is 20.2 Å². The van der Waals surface area contributed by atoms with Crippen molar-refractivity contribution in [2.45, 2.75) is 13.0 Å². The molecule has 12 heteroatoms. The van der Waals surface area contributed by atoms with Crippen molar-refractivity contribution < 1.29 is 23.8 Å². The normalized spacial score (nSPS) is 11.7. The SMILES string of the molecule is CC(OC(=O)c1ccc(Cl)cc1[N+](=O)[O-])c1nnc(-c2ccc([N+](=O)[O-])cc2)o1. The Hall–Kier alpha value is -3.86. The maximum Gasteiger partial charge on any atom is 0.345 e. The van der Waals surface area contributed by atoms with E-state index in [1.165, 1.54) is 43.3 Å². The first-order valence-corrected chi connectivity index (χ1v) is 8.37. The number of esters is 1. The molecule has 0 aliphatic rings. The quantitative estimate of drug-likeness (QED) is 0.326. The lowest BCUT2D eigenvalue weighted by molar-refractivity contribution is -0.385. The van der Waals surface area contributed by atoms with Crippen LogP contribution in [0.5, 0.6) is 0 Å². The van der Waals surface area contributed by atoms with Crippen LogP contribution in [0.2, 0.25) is 5.02 Å². The van der Waals surface area contributed by atoms with Gasteiger partial charge in [-0.1, -0.05) is 11.6 Å². The number of ether oxygens (including phenoxy) is 1. The highest BCUT2D eigenvalue weighted by molar-refractivity contribution is 6.31. The Morgan fingerprint density at radius 2 is 1.79 bits per heavy atom. The van der Waals surface area contributed by atoms with Gasteiger partial charge in [0.05, 0.1) is 9.85 Å². The van der Waals surface area contributed by atoms with Crippen LogP contribution >= 0.6 is 11.6 Å². The standard InChI is InChI=1S/C17H11ClN4O7/c1-9(28-17(23)13-7-4-11(18)8-14(13)22(26)27)15-19-20-16(29-15)10-2-5-12(6-3-10)21(24)25/h2-9H,1H3. The summed E-state index contributed by atoms with van der Waals surface area (Å²) in [6.45, 7) is 1.45. The highest BCUT2D eigenvalue weighted by atomic mass is 35.5. The van der Waals surface area contributed by atoms with Crippen molar-refractivity contribution in [3.8, 4) is 11.5 Å². The number of aromatic nitrogens is 2. The first-order valence-electron chi connectivity index (χ1n) is 7.99. The summed E-state index contributed by atoms with van der Waals surface area (Å²) in [5.41, 5.74) is -0.435. The van der Waals surface area contributed by atoms with E-state index in [4.69, 9.17) is 20.8 Å². The zero-order valence-corrected chi connectivity index (χ0v) is 15.4. The minimum atomic E-state index is -1.00. The molecule has 0 aliphatic heterocycles. The van der Waals surface area contributed by atoms with E-state index < -0.39 is 27.6 Å². The van der Waals surface area contributed by atoms with E-state index in [-0.39, 0.29) is 28.1 Å². The largest absolute Gasteiger partial charge is 0.449 e. The Kier molecular flexibility index (Phi) is 5.50. The molecular weight excluding hydrogens is 408 g/mol. The first kappa shape index (κ1) is 19.9. The van der Waals surface area contributed by atoms with E-state index in [1.807, 2.05) is 0 Å². The molecular formula is C17H11ClN4O7. The number of halogens is 1. The fraction of sp³-hybridized carbons (Fsp3) is 0.118. The summed E-state index contributed by atoms with van der Waals surface area (Å²) >= 11 is 5.73. The van der Waals surface area contributed by atoms with Gasteiger partial charge >= 0.3 is 5.97 Å². The molecule has 1 aromatic heterocycles. The van der Waals surface area contributed by atoms with Crippen molar-refractivity contribution in [3.05, 3.63) is 79.2 Å². The van der Waals surface area contributed by atoms with Crippen molar-refractivity contribution >= 4 is 28.9 Å². The number of carbonyl (C=O) groups excluding carboxylic acids is 1. The van der Waals surface area contributed by atoms with Gasteiger partial charge in [-0.25, -0.2) is 4.79 Å². The molecule has 1 unspecified atom stereocenters. The van der Waals surface area contributed by atoms with Crippen LogP contribution in [0.4, 0.5) is 11.4 Å². The zero-order valence-electron chi connectivity index (χ0n) is 14.6. The van der Waals surface area contributed by atoms with Crippen LogP contribution < -0.4 is 0 Å². The molecule has 2 aromatic carbocycles. The van der Waals surface area contributed by atoms with Crippen LogP contribution in [-0.2, 0) is 4.74 Å². The maximum atomic E-state index is 12.3. The molecule has 0 aliphatic carbocycles. The van der Waals surface area contributed by atoms with Crippen molar-refractivity contribution in [1.82, 2.24) is 10.2 Å². The smallest absolute Gasteiger partial charge is 0.345 e. The number of rotatable bonds is 6. The molecule has 148 valence electrons. The summed E-state index contributed by atoms with van der Waals surface area (Å²) in [5.74, 6) is -0.949. The van der Waals surface area contributed by atoms with Gasteiger partial charge in [0.1, 0.15) is 5.56 Å². The van der Waals surface area contributed by atoms with Crippen molar-refractivity contribution in [2.75, 3.05) is 0 Å². The Labute approximate surface area is 167 Å². The van der Waals surface area contributed by atoms with Gasteiger partial charge < -0.3 is 9.15 Å². The fourth-order valence-corrected chi connectivity index (χ4v) is 2.51. The van der Waals surface area contributed by atoms with Crippen molar-refractivity contribution in [1.29, 1.82) is 0 Å². The second-order valence-corrected chi connectivity index (χ2v) is 6.15. The molecule has 3 rings (SSSR count). The van der Waals surface area contributed by atoms with Crippen LogP contribution in [0.3, 0.4) is 0 Å². The molecule has 0 fully saturated rings. The van der Waals surface area contributed by atoms with Crippen LogP contribution in [0.25, 0.3) is 11.5 Å². The second kappa shape index (κ2) is 8.02. The molecule has 11 nitrogen and oxygen atoms in total. The third-order valence-electron chi connectivity index (χ3n) is 3.77. The highest BCUT2D eigenvalue weighted by Crippen LogP contribution is 2.28. The third kappa shape index (κ3) is 4.35. The van der Waals surface area contributed by atoms with Crippen molar-refractivity contribution in [2.24, 2.45) is 0 Å². The minimum absolute atomic E-state index is 0.0525. The minimum Gasteiger partial charge on any atom is -0.449 e. The summed E-state index contributed by atoms with van der Waals surface area (Å²) in [4.78, 5) is 32.9. The highest BCUT2D eigenvalue weighted by Gasteiger charge is 2.26. The summed E-state index contributed by atoms with van der Waals surface area (Å²) in [5, 5.41) is 29.5. The van der Waals surface area contributed by atoms with Crippen molar-refractivity contribution in [3.63, 3.8) is 0 Å². The lowest BCUT2D eigenvalue weighted by atomic mass is 10.2. The fourth-order valence-electron chi connectivity index (χ4n) is 2.34. The molecule has 3 aromatic rings. The molecule has 0 amide bonds. The van der Waals surface area contributed by atoms with E-state index in [1.54, 1.807) is 0 Å². The predicted octanol–water partition coefficient (Wildman–Crippen LogP) is 4.12. The lowest BCUT2D eigenvalue weighted by Gasteiger charge is -2.09. The van der Waals surface area contributed by atoms with E-state index in [0.29, 0.717) is 5.56 Å².